The van der Waals surface area contributed by atoms with Crippen molar-refractivity contribution in [1.29, 1.82) is 0 Å². The predicted molar refractivity (Wildman–Crippen MR) is 118 cm³/mol. The summed E-state index contributed by atoms with van der Waals surface area (Å²) in [5.41, 5.74) is 1.94. The molecule has 0 heterocycles. The highest BCUT2D eigenvalue weighted by Crippen LogP contribution is 2.18. The van der Waals surface area contributed by atoms with Gasteiger partial charge in [0.1, 0.15) is 17.5 Å². The molecule has 162 valence electrons. The molecule has 1 N–H and O–H groups in total. The maximum absolute atomic E-state index is 13.1. The zero-order valence-corrected chi connectivity index (χ0v) is 18.3. The van der Waals surface area contributed by atoms with Crippen LogP contribution in [0.1, 0.15) is 37.8 Å². The second kappa shape index (κ2) is 11.9. The number of amides is 2. The summed E-state index contributed by atoms with van der Waals surface area (Å²) in [5.74, 6) is 0.955. The lowest BCUT2D eigenvalue weighted by Crippen LogP contribution is -2.50. The van der Waals surface area contributed by atoms with E-state index in [-0.39, 0.29) is 18.4 Å². The van der Waals surface area contributed by atoms with E-state index in [9.17, 15) is 9.59 Å². The summed E-state index contributed by atoms with van der Waals surface area (Å²) in [6, 6.07) is 14.5. The first-order chi connectivity index (χ1) is 14.5. The Morgan fingerprint density at radius 3 is 2.47 bits per heavy atom. The van der Waals surface area contributed by atoms with Crippen molar-refractivity contribution < 1.29 is 19.1 Å². The van der Waals surface area contributed by atoms with Crippen LogP contribution in [0.4, 0.5) is 0 Å². The van der Waals surface area contributed by atoms with Gasteiger partial charge in [-0.3, -0.25) is 9.59 Å². The van der Waals surface area contributed by atoms with Crippen molar-refractivity contribution in [3.05, 3.63) is 59.7 Å². The second-order valence-corrected chi connectivity index (χ2v) is 7.19. The van der Waals surface area contributed by atoms with Gasteiger partial charge in [-0.25, -0.2) is 0 Å². The average Bonchev–Trinajstić information content (AvgIpc) is 2.76. The first kappa shape index (κ1) is 23.3. The number of carbonyl (C=O) groups excluding carboxylic acids is 2. The Labute approximate surface area is 179 Å². The summed E-state index contributed by atoms with van der Waals surface area (Å²) < 4.78 is 11.0. The van der Waals surface area contributed by atoms with Gasteiger partial charge in [0.25, 0.3) is 5.91 Å². The second-order valence-electron chi connectivity index (χ2n) is 7.19. The van der Waals surface area contributed by atoms with Gasteiger partial charge in [-0.1, -0.05) is 38.1 Å². The molecule has 0 aliphatic carbocycles. The molecule has 2 rings (SSSR count). The number of hydrogen-bond donors (Lipinski definition) is 1. The smallest absolute Gasteiger partial charge is 0.261 e. The molecule has 0 bridgehead atoms. The molecule has 0 unspecified atom stereocenters. The molecule has 0 radical (unpaired) electrons. The summed E-state index contributed by atoms with van der Waals surface area (Å²) in [6.07, 6.45) is 1.35. The van der Waals surface area contributed by atoms with Gasteiger partial charge >= 0.3 is 0 Å². The summed E-state index contributed by atoms with van der Waals surface area (Å²) in [5, 5.41) is 2.91. The van der Waals surface area contributed by atoms with Gasteiger partial charge in [-0.05, 0) is 55.2 Å². The minimum Gasteiger partial charge on any atom is -0.497 e. The van der Waals surface area contributed by atoms with E-state index in [2.05, 4.69) is 5.32 Å². The predicted octanol–water partition coefficient (Wildman–Crippen LogP) is 3.72. The monoisotopic (exact) mass is 412 g/mol. The number of aryl methyl sites for hydroxylation is 1. The molecule has 0 aromatic heterocycles. The number of rotatable bonds is 11. The molecule has 2 aromatic carbocycles. The van der Waals surface area contributed by atoms with Gasteiger partial charge in [-0.2, -0.15) is 0 Å². The molecule has 0 spiro atoms. The number of hydrogen-bond acceptors (Lipinski definition) is 4. The third-order valence-electron chi connectivity index (χ3n) is 4.77. The molecule has 0 aliphatic heterocycles. The average molecular weight is 413 g/mol. The van der Waals surface area contributed by atoms with E-state index in [1.54, 1.807) is 12.0 Å². The molecule has 0 fully saturated rings. The fourth-order valence-corrected chi connectivity index (χ4v) is 3.19. The molecule has 0 aliphatic rings. The van der Waals surface area contributed by atoms with Crippen molar-refractivity contribution in [1.82, 2.24) is 10.2 Å². The third kappa shape index (κ3) is 6.79. The molecule has 1 atom stereocenters. The number of nitrogens with zero attached hydrogens (tertiary/aromatic N) is 1. The quantitative estimate of drug-likeness (QED) is 0.611. The lowest BCUT2D eigenvalue weighted by molar-refractivity contribution is -0.143. The van der Waals surface area contributed by atoms with Crippen LogP contribution in [0.25, 0.3) is 0 Å². The van der Waals surface area contributed by atoms with E-state index in [1.165, 1.54) is 0 Å². The van der Waals surface area contributed by atoms with Crippen LogP contribution in [0, 0.1) is 6.92 Å². The van der Waals surface area contributed by atoms with Gasteiger partial charge in [0.2, 0.25) is 5.91 Å². The highest BCUT2D eigenvalue weighted by Gasteiger charge is 2.28. The maximum Gasteiger partial charge on any atom is 0.261 e. The summed E-state index contributed by atoms with van der Waals surface area (Å²) in [6.45, 7) is 6.61. The van der Waals surface area contributed by atoms with E-state index in [0.717, 1.165) is 17.5 Å². The normalized spacial score (nSPS) is 11.5. The molecule has 0 saturated carbocycles. The van der Waals surface area contributed by atoms with Crippen LogP contribution in [0.2, 0.25) is 0 Å². The standard InChI is InChI=1S/C24H32N2O4/c1-5-13-25-24(28)22(6-2)26(16-19-10-8-11-20(15-19)29-4)23(27)17-30-21-12-7-9-18(3)14-21/h7-12,14-15,22H,5-6,13,16-17H2,1-4H3,(H,25,28)/t22-/m1/s1. The fourth-order valence-electron chi connectivity index (χ4n) is 3.19. The van der Waals surface area contributed by atoms with Crippen molar-refractivity contribution in [2.75, 3.05) is 20.3 Å². The van der Waals surface area contributed by atoms with E-state index < -0.39 is 6.04 Å². The SMILES string of the molecule is CCCNC(=O)[C@@H](CC)N(Cc1cccc(OC)c1)C(=O)COc1cccc(C)c1. The van der Waals surface area contributed by atoms with Crippen molar-refractivity contribution in [2.24, 2.45) is 0 Å². The van der Waals surface area contributed by atoms with E-state index >= 15 is 0 Å². The lowest BCUT2D eigenvalue weighted by Gasteiger charge is -2.30. The molecule has 30 heavy (non-hydrogen) atoms. The Morgan fingerprint density at radius 1 is 1.07 bits per heavy atom. The summed E-state index contributed by atoms with van der Waals surface area (Å²) in [7, 11) is 1.60. The minimum atomic E-state index is -0.573. The van der Waals surface area contributed by atoms with Crippen molar-refractivity contribution >= 4 is 11.8 Å². The van der Waals surface area contributed by atoms with Crippen molar-refractivity contribution in [3.63, 3.8) is 0 Å². The van der Waals surface area contributed by atoms with Gasteiger partial charge in [-0.15, -0.1) is 0 Å². The van der Waals surface area contributed by atoms with Gasteiger partial charge in [0, 0.05) is 13.1 Å². The fraction of sp³-hybridized carbons (Fsp3) is 0.417. The van der Waals surface area contributed by atoms with Crippen LogP contribution in [0.5, 0.6) is 11.5 Å². The zero-order valence-electron chi connectivity index (χ0n) is 18.3. The number of carbonyl (C=O) groups is 2. The lowest BCUT2D eigenvalue weighted by atomic mass is 10.1. The highest BCUT2D eigenvalue weighted by molar-refractivity contribution is 5.88. The third-order valence-corrected chi connectivity index (χ3v) is 4.77. The Morgan fingerprint density at radius 2 is 1.80 bits per heavy atom. The first-order valence-corrected chi connectivity index (χ1v) is 10.4. The molecule has 2 aromatic rings. The number of nitrogens with one attached hydrogen (secondary N) is 1. The molecule has 6 nitrogen and oxygen atoms in total. The number of benzene rings is 2. The largest absolute Gasteiger partial charge is 0.497 e. The van der Waals surface area contributed by atoms with Crippen molar-refractivity contribution in [2.45, 2.75) is 46.2 Å². The number of ether oxygens (including phenoxy) is 2. The number of methoxy groups -OCH3 is 1. The topological polar surface area (TPSA) is 67.9 Å². The van der Waals surface area contributed by atoms with Crippen LogP contribution in [0.3, 0.4) is 0 Å². The van der Waals surface area contributed by atoms with Crippen LogP contribution in [0.15, 0.2) is 48.5 Å². The van der Waals surface area contributed by atoms with E-state index in [4.69, 9.17) is 9.47 Å². The summed E-state index contributed by atoms with van der Waals surface area (Å²) >= 11 is 0. The van der Waals surface area contributed by atoms with E-state index in [0.29, 0.717) is 31.0 Å². The summed E-state index contributed by atoms with van der Waals surface area (Å²) in [4.78, 5) is 27.5. The Bertz CT molecular complexity index is 837. The molecule has 0 saturated heterocycles. The molecule has 6 heteroatoms. The Balaban J connectivity index is 2.21. The van der Waals surface area contributed by atoms with Crippen LogP contribution < -0.4 is 14.8 Å². The van der Waals surface area contributed by atoms with Crippen molar-refractivity contribution in [3.8, 4) is 11.5 Å². The zero-order chi connectivity index (χ0) is 21.9. The van der Waals surface area contributed by atoms with Gasteiger partial charge in [0.15, 0.2) is 6.61 Å². The van der Waals surface area contributed by atoms with Crippen LogP contribution in [-0.4, -0.2) is 43.0 Å². The van der Waals surface area contributed by atoms with E-state index in [1.807, 2.05) is 69.3 Å². The first-order valence-electron chi connectivity index (χ1n) is 10.4. The minimum absolute atomic E-state index is 0.134. The van der Waals surface area contributed by atoms with Crippen LogP contribution in [-0.2, 0) is 16.1 Å². The van der Waals surface area contributed by atoms with Crippen LogP contribution >= 0.6 is 0 Å². The molecular weight excluding hydrogens is 380 g/mol. The Hall–Kier alpha value is -3.02. The Kier molecular flexibility index (Phi) is 9.19. The molecule has 2 amide bonds. The highest BCUT2D eigenvalue weighted by atomic mass is 16.5. The molecular formula is C24H32N2O4. The maximum atomic E-state index is 13.1. The van der Waals surface area contributed by atoms with Gasteiger partial charge in [0.05, 0.1) is 7.11 Å². The van der Waals surface area contributed by atoms with Gasteiger partial charge < -0.3 is 19.7 Å².